The van der Waals surface area contributed by atoms with Crippen LogP contribution in [0.3, 0.4) is 0 Å². The number of amides is 1. The Morgan fingerprint density at radius 3 is 2.78 bits per heavy atom. The Labute approximate surface area is 141 Å². The van der Waals surface area contributed by atoms with Crippen molar-refractivity contribution in [3.63, 3.8) is 0 Å². The third kappa shape index (κ3) is 3.83. The van der Waals surface area contributed by atoms with Gasteiger partial charge in [-0.1, -0.05) is 23.4 Å². The monoisotopic (exact) mass is 349 g/mol. The average Bonchev–Trinajstić information content (AvgIpc) is 2.90. The fourth-order valence-electron chi connectivity index (χ4n) is 2.01. The molecule has 0 unspecified atom stereocenters. The third-order valence-electron chi connectivity index (χ3n) is 3.19. The SMILES string of the molecule is C[C@@H](Sc1nc2ccc(Cl)cc2[nH]1)C(=O)Nc1ccc(F)cc1. The first kappa shape index (κ1) is 15.8. The highest BCUT2D eigenvalue weighted by atomic mass is 35.5. The number of rotatable bonds is 4. The number of aromatic nitrogens is 2. The number of benzene rings is 2. The summed E-state index contributed by atoms with van der Waals surface area (Å²) >= 11 is 7.25. The molecule has 7 heteroatoms. The molecule has 1 amide bonds. The Morgan fingerprint density at radius 2 is 2.04 bits per heavy atom. The second kappa shape index (κ2) is 6.60. The molecule has 1 heterocycles. The minimum Gasteiger partial charge on any atom is -0.333 e. The Kier molecular flexibility index (Phi) is 4.54. The van der Waals surface area contributed by atoms with E-state index in [0.29, 0.717) is 15.9 Å². The van der Waals surface area contributed by atoms with E-state index in [2.05, 4.69) is 15.3 Å². The van der Waals surface area contributed by atoms with Crippen molar-refractivity contribution in [2.45, 2.75) is 17.3 Å². The van der Waals surface area contributed by atoms with Crippen molar-refractivity contribution >= 4 is 46.0 Å². The number of thioether (sulfide) groups is 1. The molecule has 0 aliphatic rings. The maximum atomic E-state index is 12.9. The van der Waals surface area contributed by atoms with Crippen LogP contribution in [0.4, 0.5) is 10.1 Å². The maximum absolute atomic E-state index is 12.9. The van der Waals surface area contributed by atoms with Crippen LogP contribution in [0, 0.1) is 5.82 Å². The molecule has 0 aliphatic carbocycles. The van der Waals surface area contributed by atoms with Gasteiger partial charge in [0.1, 0.15) is 5.82 Å². The van der Waals surface area contributed by atoms with Gasteiger partial charge in [-0.05, 0) is 49.4 Å². The molecular formula is C16H13ClFN3OS. The topological polar surface area (TPSA) is 57.8 Å². The number of hydrogen-bond acceptors (Lipinski definition) is 3. The molecular weight excluding hydrogens is 337 g/mol. The summed E-state index contributed by atoms with van der Waals surface area (Å²) in [6.45, 7) is 1.78. The first-order valence-corrected chi connectivity index (χ1v) is 8.15. The third-order valence-corrected chi connectivity index (χ3v) is 4.41. The molecule has 0 radical (unpaired) electrons. The number of nitrogens with zero attached hydrogens (tertiary/aromatic N) is 1. The minimum atomic E-state index is -0.365. The summed E-state index contributed by atoms with van der Waals surface area (Å²) in [6.07, 6.45) is 0. The second-order valence-electron chi connectivity index (χ2n) is 4.96. The summed E-state index contributed by atoms with van der Waals surface area (Å²) < 4.78 is 12.9. The summed E-state index contributed by atoms with van der Waals surface area (Å²) in [4.78, 5) is 19.7. The molecule has 3 rings (SSSR count). The number of nitrogens with one attached hydrogen (secondary N) is 2. The summed E-state index contributed by atoms with van der Waals surface area (Å²) in [5.41, 5.74) is 2.18. The molecule has 2 N–H and O–H groups in total. The lowest BCUT2D eigenvalue weighted by atomic mass is 10.3. The lowest BCUT2D eigenvalue weighted by molar-refractivity contribution is -0.115. The van der Waals surface area contributed by atoms with Gasteiger partial charge in [0.25, 0.3) is 0 Å². The van der Waals surface area contributed by atoms with Crippen LogP contribution >= 0.6 is 23.4 Å². The fraction of sp³-hybridized carbons (Fsp3) is 0.125. The van der Waals surface area contributed by atoms with Crippen molar-refractivity contribution < 1.29 is 9.18 Å². The summed E-state index contributed by atoms with van der Waals surface area (Å²) in [5, 5.41) is 3.65. The minimum absolute atomic E-state index is 0.180. The highest BCUT2D eigenvalue weighted by Crippen LogP contribution is 2.25. The van der Waals surface area contributed by atoms with Crippen LogP contribution < -0.4 is 5.32 Å². The predicted octanol–water partition coefficient (Wildman–Crippen LogP) is 4.47. The number of anilines is 1. The number of carbonyl (C=O) groups is 1. The van der Waals surface area contributed by atoms with Crippen LogP contribution in [0.25, 0.3) is 11.0 Å². The molecule has 23 heavy (non-hydrogen) atoms. The fourth-order valence-corrected chi connectivity index (χ4v) is 3.01. The smallest absolute Gasteiger partial charge is 0.237 e. The van der Waals surface area contributed by atoms with E-state index in [1.165, 1.54) is 36.0 Å². The number of H-pyrrole nitrogens is 1. The van der Waals surface area contributed by atoms with E-state index in [4.69, 9.17) is 11.6 Å². The number of carbonyl (C=O) groups excluding carboxylic acids is 1. The standard InChI is InChI=1S/C16H13ClFN3OS/c1-9(15(22)19-12-5-3-11(18)4-6-12)23-16-20-13-7-2-10(17)8-14(13)21-16/h2-9H,1H3,(H,19,22)(H,20,21)/t9-/m1/s1. The molecule has 118 valence electrons. The van der Waals surface area contributed by atoms with E-state index < -0.39 is 0 Å². The van der Waals surface area contributed by atoms with Crippen LogP contribution in [0.1, 0.15) is 6.92 Å². The Hall–Kier alpha value is -2.05. The second-order valence-corrected chi connectivity index (χ2v) is 6.73. The van der Waals surface area contributed by atoms with Crippen LogP contribution in [0.2, 0.25) is 5.02 Å². The number of fused-ring (bicyclic) bond motifs is 1. The van der Waals surface area contributed by atoms with Gasteiger partial charge in [-0.25, -0.2) is 9.37 Å². The van der Waals surface area contributed by atoms with Crippen LogP contribution in [-0.4, -0.2) is 21.1 Å². The van der Waals surface area contributed by atoms with Gasteiger partial charge < -0.3 is 10.3 Å². The zero-order valence-corrected chi connectivity index (χ0v) is 13.7. The van der Waals surface area contributed by atoms with Gasteiger partial charge in [-0.15, -0.1) is 0 Å². The quantitative estimate of drug-likeness (QED) is 0.683. The van der Waals surface area contributed by atoms with Crippen molar-refractivity contribution in [1.82, 2.24) is 9.97 Å². The van der Waals surface area contributed by atoms with E-state index in [9.17, 15) is 9.18 Å². The largest absolute Gasteiger partial charge is 0.333 e. The molecule has 0 bridgehead atoms. The first-order chi connectivity index (χ1) is 11.0. The predicted molar refractivity (Wildman–Crippen MR) is 91.5 cm³/mol. The molecule has 0 fully saturated rings. The molecule has 1 aromatic heterocycles. The number of halogens is 2. The molecule has 0 aliphatic heterocycles. The number of hydrogen-bond donors (Lipinski definition) is 2. The number of imidazole rings is 1. The Morgan fingerprint density at radius 1 is 1.30 bits per heavy atom. The Balaban J connectivity index is 1.68. The highest BCUT2D eigenvalue weighted by Gasteiger charge is 2.17. The van der Waals surface area contributed by atoms with E-state index >= 15 is 0 Å². The van der Waals surface area contributed by atoms with Gasteiger partial charge in [0.2, 0.25) is 5.91 Å². The lowest BCUT2D eigenvalue weighted by Gasteiger charge is -2.10. The first-order valence-electron chi connectivity index (χ1n) is 6.89. The van der Waals surface area contributed by atoms with Crippen molar-refractivity contribution in [2.75, 3.05) is 5.32 Å². The van der Waals surface area contributed by atoms with Crippen LogP contribution in [-0.2, 0) is 4.79 Å². The summed E-state index contributed by atoms with van der Waals surface area (Å²) in [7, 11) is 0. The van der Waals surface area contributed by atoms with Gasteiger partial charge in [-0.3, -0.25) is 4.79 Å². The normalized spacial score (nSPS) is 12.3. The van der Waals surface area contributed by atoms with E-state index in [1.807, 2.05) is 6.07 Å². The van der Waals surface area contributed by atoms with Crippen molar-refractivity contribution in [1.29, 1.82) is 0 Å². The van der Waals surface area contributed by atoms with E-state index in [-0.39, 0.29) is 17.0 Å². The molecule has 3 aromatic rings. The molecule has 0 saturated carbocycles. The van der Waals surface area contributed by atoms with Gasteiger partial charge >= 0.3 is 0 Å². The average molecular weight is 350 g/mol. The maximum Gasteiger partial charge on any atom is 0.237 e. The van der Waals surface area contributed by atoms with Crippen molar-refractivity contribution in [3.8, 4) is 0 Å². The Bertz CT molecular complexity index is 850. The van der Waals surface area contributed by atoms with E-state index in [0.717, 1.165) is 11.0 Å². The summed E-state index contributed by atoms with van der Waals surface area (Å²) in [5.74, 6) is -0.522. The zero-order valence-electron chi connectivity index (χ0n) is 12.1. The van der Waals surface area contributed by atoms with Gasteiger partial charge in [0.05, 0.1) is 16.3 Å². The molecule has 2 aromatic carbocycles. The van der Waals surface area contributed by atoms with E-state index in [1.54, 1.807) is 19.1 Å². The highest BCUT2D eigenvalue weighted by molar-refractivity contribution is 8.00. The van der Waals surface area contributed by atoms with Crippen molar-refractivity contribution in [3.05, 3.63) is 53.3 Å². The van der Waals surface area contributed by atoms with Crippen molar-refractivity contribution in [2.24, 2.45) is 0 Å². The summed E-state index contributed by atoms with van der Waals surface area (Å²) in [6, 6.07) is 11.0. The van der Waals surface area contributed by atoms with Gasteiger partial charge in [0, 0.05) is 10.7 Å². The zero-order chi connectivity index (χ0) is 16.4. The van der Waals surface area contributed by atoms with Gasteiger partial charge in [0.15, 0.2) is 5.16 Å². The molecule has 4 nitrogen and oxygen atoms in total. The molecule has 0 spiro atoms. The molecule has 1 atom stereocenters. The lowest BCUT2D eigenvalue weighted by Crippen LogP contribution is -2.22. The number of aromatic amines is 1. The van der Waals surface area contributed by atoms with Crippen LogP contribution in [0.5, 0.6) is 0 Å². The van der Waals surface area contributed by atoms with Gasteiger partial charge in [-0.2, -0.15) is 0 Å². The van der Waals surface area contributed by atoms with Crippen LogP contribution in [0.15, 0.2) is 47.6 Å². The molecule has 0 saturated heterocycles.